The summed E-state index contributed by atoms with van der Waals surface area (Å²) in [7, 11) is 0. The molecular weight excluding hydrogens is 546 g/mol. The average molecular weight is 575 g/mol. The number of hydrogen-bond donors (Lipinski definition) is 1. The standard InChI is InChI=1S/C31H28F2N4O3S/c32-23-9-7-22(8-10-23)20-37(31(40)28-6-3-19-41-28)21-29(38)34-24-11-13-25(14-12-24)35-15-17-36(18-16-35)30(39)26-4-1-2-5-27(26)33/h1-14,19H,15-18,20-21H2,(H,34,38). The van der Waals surface area contributed by atoms with Gasteiger partial charge in [-0.3, -0.25) is 14.4 Å². The molecule has 0 saturated carbocycles. The number of thiophene rings is 1. The van der Waals surface area contributed by atoms with Crippen molar-refractivity contribution in [2.45, 2.75) is 6.54 Å². The van der Waals surface area contributed by atoms with Crippen molar-refractivity contribution >= 4 is 40.4 Å². The molecule has 3 amide bonds. The zero-order valence-corrected chi connectivity index (χ0v) is 22.9. The van der Waals surface area contributed by atoms with Crippen LogP contribution < -0.4 is 10.2 Å². The molecule has 1 aliphatic rings. The van der Waals surface area contributed by atoms with E-state index in [2.05, 4.69) is 10.2 Å². The van der Waals surface area contributed by atoms with Gasteiger partial charge in [-0.2, -0.15) is 0 Å². The largest absolute Gasteiger partial charge is 0.368 e. The minimum absolute atomic E-state index is 0.0781. The highest BCUT2D eigenvalue weighted by Gasteiger charge is 2.24. The number of piperazine rings is 1. The first kappa shape index (κ1) is 28.0. The monoisotopic (exact) mass is 574 g/mol. The third-order valence-electron chi connectivity index (χ3n) is 6.83. The SMILES string of the molecule is O=C(CN(Cc1ccc(F)cc1)C(=O)c1cccs1)Nc1ccc(N2CCN(C(=O)c3ccccc3F)CC2)cc1. The Balaban J connectivity index is 1.17. The normalized spacial score (nSPS) is 13.1. The minimum Gasteiger partial charge on any atom is -0.368 e. The number of hydrogen-bond acceptors (Lipinski definition) is 5. The lowest BCUT2D eigenvalue weighted by atomic mass is 10.1. The fraction of sp³-hybridized carbons (Fsp3) is 0.194. The molecule has 10 heteroatoms. The van der Waals surface area contributed by atoms with Gasteiger partial charge in [-0.05, 0) is 65.5 Å². The van der Waals surface area contributed by atoms with Crippen LogP contribution in [0.5, 0.6) is 0 Å². The number of rotatable bonds is 8. The van der Waals surface area contributed by atoms with E-state index in [9.17, 15) is 23.2 Å². The fourth-order valence-electron chi connectivity index (χ4n) is 4.67. The molecule has 4 aromatic rings. The van der Waals surface area contributed by atoms with Gasteiger partial charge in [0.25, 0.3) is 11.8 Å². The summed E-state index contributed by atoms with van der Waals surface area (Å²) in [6, 6.07) is 22.7. The van der Waals surface area contributed by atoms with Crippen LogP contribution in [-0.4, -0.2) is 60.2 Å². The first-order valence-electron chi connectivity index (χ1n) is 13.1. The Morgan fingerprint density at radius 3 is 2.20 bits per heavy atom. The molecule has 41 heavy (non-hydrogen) atoms. The second kappa shape index (κ2) is 12.7. The van der Waals surface area contributed by atoms with E-state index in [1.165, 1.54) is 40.5 Å². The number of carbonyl (C=O) groups excluding carboxylic acids is 3. The summed E-state index contributed by atoms with van der Waals surface area (Å²) in [4.78, 5) is 44.4. The number of benzene rings is 3. The van der Waals surface area contributed by atoms with Gasteiger partial charge in [0.05, 0.1) is 10.4 Å². The molecule has 1 N–H and O–H groups in total. The van der Waals surface area contributed by atoms with Gasteiger partial charge in [-0.25, -0.2) is 8.78 Å². The van der Waals surface area contributed by atoms with E-state index in [1.807, 2.05) is 12.1 Å². The minimum atomic E-state index is -0.521. The van der Waals surface area contributed by atoms with Crippen molar-refractivity contribution in [2.24, 2.45) is 0 Å². The molecule has 2 heterocycles. The van der Waals surface area contributed by atoms with E-state index in [-0.39, 0.29) is 42.2 Å². The maximum absolute atomic E-state index is 14.0. The van der Waals surface area contributed by atoms with E-state index in [4.69, 9.17) is 0 Å². The molecule has 1 aromatic heterocycles. The summed E-state index contributed by atoms with van der Waals surface area (Å²) in [5, 5.41) is 4.64. The Morgan fingerprint density at radius 1 is 0.829 bits per heavy atom. The van der Waals surface area contributed by atoms with Gasteiger partial charge in [-0.1, -0.05) is 30.3 Å². The van der Waals surface area contributed by atoms with Crippen LogP contribution in [0, 0.1) is 11.6 Å². The van der Waals surface area contributed by atoms with Crippen LogP contribution in [0.25, 0.3) is 0 Å². The van der Waals surface area contributed by atoms with Gasteiger partial charge in [0, 0.05) is 44.1 Å². The number of amides is 3. The van der Waals surface area contributed by atoms with Crippen molar-refractivity contribution in [3.8, 4) is 0 Å². The fourth-order valence-corrected chi connectivity index (χ4v) is 5.36. The molecule has 0 unspecified atom stereocenters. The highest BCUT2D eigenvalue weighted by Crippen LogP contribution is 2.21. The van der Waals surface area contributed by atoms with Crippen molar-refractivity contribution in [3.05, 3.63) is 118 Å². The van der Waals surface area contributed by atoms with Gasteiger partial charge in [0.15, 0.2) is 0 Å². The Bertz CT molecular complexity index is 1500. The summed E-state index contributed by atoms with van der Waals surface area (Å²) in [5.41, 5.74) is 2.31. The lowest BCUT2D eigenvalue weighted by molar-refractivity contribution is -0.117. The lowest BCUT2D eigenvalue weighted by Crippen LogP contribution is -2.49. The maximum Gasteiger partial charge on any atom is 0.264 e. The van der Waals surface area contributed by atoms with Crippen molar-refractivity contribution in [3.63, 3.8) is 0 Å². The van der Waals surface area contributed by atoms with Crippen LogP contribution >= 0.6 is 11.3 Å². The average Bonchev–Trinajstić information content (AvgIpc) is 3.53. The highest BCUT2D eigenvalue weighted by molar-refractivity contribution is 7.12. The number of nitrogens with zero attached hydrogens (tertiary/aromatic N) is 3. The van der Waals surface area contributed by atoms with Gasteiger partial charge in [0.2, 0.25) is 5.91 Å². The van der Waals surface area contributed by atoms with E-state index in [0.29, 0.717) is 42.3 Å². The molecule has 0 spiro atoms. The summed E-state index contributed by atoms with van der Waals surface area (Å²) < 4.78 is 27.4. The summed E-state index contributed by atoms with van der Waals surface area (Å²) in [6.45, 7) is 2.11. The Kier molecular flexibility index (Phi) is 8.69. The Hall–Kier alpha value is -4.57. The first-order chi connectivity index (χ1) is 19.9. The second-order valence-corrected chi connectivity index (χ2v) is 10.6. The van der Waals surface area contributed by atoms with Crippen molar-refractivity contribution < 1.29 is 23.2 Å². The predicted octanol–water partition coefficient (Wildman–Crippen LogP) is 5.27. The highest BCUT2D eigenvalue weighted by atomic mass is 32.1. The molecule has 3 aromatic carbocycles. The first-order valence-corrected chi connectivity index (χ1v) is 14.0. The van der Waals surface area contributed by atoms with Crippen LogP contribution in [0.3, 0.4) is 0 Å². The third-order valence-corrected chi connectivity index (χ3v) is 7.69. The van der Waals surface area contributed by atoms with Gasteiger partial charge in [-0.15, -0.1) is 11.3 Å². The molecule has 210 valence electrons. The summed E-state index contributed by atoms with van der Waals surface area (Å²) in [5.74, 6) is -1.84. The number of halogens is 2. The Morgan fingerprint density at radius 2 is 1.54 bits per heavy atom. The molecular formula is C31H28F2N4O3S. The van der Waals surface area contributed by atoms with E-state index >= 15 is 0 Å². The number of nitrogens with one attached hydrogen (secondary N) is 1. The van der Waals surface area contributed by atoms with Crippen LogP contribution in [-0.2, 0) is 11.3 Å². The van der Waals surface area contributed by atoms with Crippen molar-refractivity contribution in [2.75, 3.05) is 42.9 Å². The maximum atomic E-state index is 14.0. The Labute approximate surface area is 240 Å². The quantitative estimate of drug-likeness (QED) is 0.311. The van der Waals surface area contributed by atoms with Crippen LogP contribution in [0.4, 0.5) is 20.2 Å². The zero-order valence-electron chi connectivity index (χ0n) is 22.1. The van der Waals surface area contributed by atoms with Crippen LogP contribution in [0.2, 0.25) is 0 Å². The zero-order chi connectivity index (χ0) is 28.8. The molecule has 0 radical (unpaired) electrons. The van der Waals surface area contributed by atoms with E-state index in [1.54, 1.807) is 58.8 Å². The van der Waals surface area contributed by atoms with Crippen molar-refractivity contribution in [1.82, 2.24) is 9.80 Å². The number of anilines is 2. The predicted molar refractivity (Wildman–Crippen MR) is 155 cm³/mol. The molecule has 5 rings (SSSR count). The molecule has 0 aliphatic carbocycles. The topological polar surface area (TPSA) is 73.0 Å². The van der Waals surface area contributed by atoms with E-state index in [0.717, 1.165) is 5.69 Å². The molecule has 1 saturated heterocycles. The molecule has 1 fully saturated rings. The number of carbonyl (C=O) groups is 3. The van der Waals surface area contributed by atoms with Gasteiger partial charge >= 0.3 is 0 Å². The van der Waals surface area contributed by atoms with Crippen LogP contribution in [0.15, 0.2) is 90.3 Å². The lowest BCUT2D eigenvalue weighted by Gasteiger charge is -2.36. The van der Waals surface area contributed by atoms with Crippen LogP contribution in [0.1, 0.15) is 25.6 Å². The summed E-state index contributed by atoms with van der Waals surface area (Å²) >= 11 is 1.29. The van der Waals surface area contributed by atoms with Gasteiger partial charge < -0.3 is 20.0 Å². The smallest absolute Gasteiger partial charge is 0.264 e. The van der Waals surface area contributed by atoms with E-state index < -0.39 is 5.82 Å². The molecule has 0 atom stereocenters. The summed E-state index contributed by atoms with van der Waals surface area (Å²) in [6.07, 6.45) is 0. The molecule has 7 nitrogen and oxygen atoms in total. The molecule has 1 aliphatic heterocycles. The van der Waals surface area contributed by atoms with Gasteiger partial charge in [0.1, 0.15) is 18.2 Å². The van der Waals surface area contributed by atoms with Crippen molar-refractivity contribution in [1.29, 1.82) is 0 Å². The third kappa shape index (κ3) is 6.96. The second-order valence-electron chi connectivity index (χ2n) is 9.62. The molecule has 0 bridgehead atoms.